The lowest BCUT2D eigenvalue weighted by atomic mass is 10.2. The van der Waals surface area contributed by atoms with Gasteiger partial charge in [-0.05, 0) is 30.7 Å². The second-order valence-electron chi connectivity index (χ2n) is 5.12. The summed E-state index contributed by atoms with van der Waals surface area (Å²) in [5, 5.41) is 0. The van der Waals surface area contributed by atoms with E-state index in [-0.39, 0.29) is 0 Å². The third kappa shape index (κ3) is 1.91. The second-order valence-corrected chi connectivity index (χ2v) is 6.20. The molecule has 102 valence electrons. The van der Waals surface area contributed by atoms with E-state index in [0.717, 1.165) is 30.8 Å². The van der Waals surface area contributed by atoms with Gasteiger partial charge < -0.3 is 10.6 Å². The molecular weight excluding hydrogens is 270 g/mol. The van der Waals surface area contributed by atoms with Gasteiger partial charge in [0.25, 0.3) is 11.0 Å². The predicted molar refractivity (Wildman–Crippen MR) is 86.2 cm³/mol. The summed E-state index contributed by atoms with van der Waals surface area (Å²) in [7, 11) is 3.97. The van der Waals surface area contributed by atoms with E-state index in [2.05, 4.69) is 0 Å². The second kappa shape index (κ2) is 4.45. The molecule has 0 amide bonds. The number of fused-ring (bicyclic) bond motifs is 2. The summed E-state index contributed by atoms with van der Waals surface area (Å²) in [6, 6.07) is 9.60. The fourth-order valence-electron chi connectivity index (χ4n) is 2.21. The molecule has 0 atom stereocenters. The number of hydrogen-bond donors (Lipinski definition) is 1. The summed E-state index contributed by atoms with van der Waals surface area (Å²) in [4.78, 5) is 14.5. The van der Waals surface area contributed by atoms with Crippen molar-refractivity contribution in [3.8, 4) is 0 Å². The number of hydrogen-bond acceptors (Lipinski definition) is 4. The van der Waals surface area contributed by atoms with Gasteiger partial charge in [0.2, 0.25) is 0 Å². The zero-order chi connectivity index (χ0) is 14.4. The van der Waals surface area contributed by atoms with Crippen molar-refractivity contribution in [1.82, 2.24) is 0 Å². The van der Waals surface area contributed by atoms with Gasteiger partial charge in [0, 0.05) is 42.5 Å². The van der Waals surface area contributed by atoms with Gasteiger partial charge in [-0.3, -0.25) is 0 Å². The molecule has 0 spiro atoms. The molecular formula is C15H16N3OS+. The van der Waals surface area contributed by atoms with Crippen LogP contribution in [-0.4, -0.2) is 14.1 Å². The first-order chi connectivity index (χ1) is 9.47. The van der Waals surface area contributed by atoms with Crippen molar-refractivity contribution in [1.29, 1.82) is 0 Å². The highest BCUT2D eigenvalue weighted by Crippen LogP contribution is 2.29. The van der Waals surface area contributed by atoms with E-state index < -0.39 is 0 Å². The normalized spacial score (nSPS) is 11.2. The Bertz CT molecular complexity index is 884. The fraction of sp³-hybridized carbons (Fsp3) is 0.200. The van der Waals surface area contributed by atoms with Gasteiger partial charge in [-0.2, -0.15) is 0 Å². The van der Waals surface area contributed by atoms with Crippen molar-refractivity contribution >= 4 is 43.1 Å². The first-order valence-electron chi connectivity index (χ1n) is 6.34. The number of rotatable bonds is 1. The van der Waals surface area contributed by atoms with E-state index in [1.165, 1.54) is 0 Å². The van der Waals surface area contributed by atoms with Crippen molar-refractivity contribution in [2.24, 2.45) is 0 Å². The molecule has 1 heterocycles. The average molecular weight is 286 g/mol. The van der Waals surface area contributed by atoms with Gasteiger partial charge in [-0.15, -0.1) is 11.3 Å². The molecule has 0 radical (unpaired) electrons. The molecule has 0 unspecified atom stereocenters. The Hall–Kier alpha value is -2.14. The van der Waals surface area contributed by atoms with Gasteiger partial charge in [0.1, 0.15) is 9.40 Å². The molecule has 20 heavy (non-hydrogen) atoms. The largest absolute Gasteiger partial charge is 0.398 e. The molecule has 0 fully saturated rings. The maximum absolute atomic E-state index is 12.5. The fourth-order valence-corrected chi connectivity index (χ4v) is 3.31. The van der Waals surface area contributed by atoms with Crippen LogP contribution in [0.25, 0.3) is 20.4 Å². The Labute approximate surface area is 120 Å². The molecule has 0 aliphatic rings. The smallest absolute Gasteiger partial charge is 0.281 e. The first kappa shape index (κ1) is 12.9. The van der Waals surface area contributed by atoms with Crippen LogP contribution in [0.4, 0.5) is 11.4 Å². The number of nitrogen functional groups attached to an aromatic ring is 1. The summed E-state index contributed by atoms with van der Waals surface area (Å²) in [5.74, 6) is 0. The van der Waals surface area contributed by atoms with Crippen molar-refractivity contribution < 1.29 is 4.43 Å². The molecule has 1 aromatic heterocycles. The van der Waals surface area contributed by atoms with Crippen molar-refractivity contribution in [3.05, 3.63) is 40.8 Å². The topological polar surface area (TPSA) is 52.2 Å². The van der Waals surface area contributed by atoms with Gasteiger partial charge in [0.15, 0.2) is 0 Å². The third-order valence-corrected chi connectivity index (χ3v) is 4.56. The average Bonchev–Trinajstić information content (AvgIpc) is 2.41. The van der Waals surface area contributed by atoms with E-state index in [1.54, 1.807) is 11.3 Å². The Kier molecular flexibility index (Phi) is 2.87. The molecule has 3 aromatic rings. The SMILES string of the molecule is Cc1cc2c(cc1N)sc1cc(N(C)C)ccc1[n+]2=O. The Morgan fingerprint density at radius 2 is 1.80 bits per heavy atom. The molecule has 5 heteroatoms. The Morgan fingerprint density at radius 3 is 2.50 bits per heavy atom. The first-order valence-corrected chi connectivity index (χ1v) is 7.15. The minimum absolute atomic E-state index is 0.673. The molecule has 0 saturated carbocycles. The quantitative estimate of drug-likeness (QED) is 0.425. The van der Waals surface area contributed by atoms with Crippen LogP contribution in [0.2, 0.25) is 0 Å². The van der Waals surface area contributed by atoms with E-state index >= 15 is 0 Å². The number of anilines is 2. The molecule has 0 saturated heterocycles. The number of nitrogens with two attached hydrogens (primary N) is 1. The van der Waals surface area contributed by atoms with E-state index in [1.807, 2.05) is 56.3 Å². The molecule has 0 aliphatic heterocycles. The zero-order valence-electron chi connectivity index (χ0n) is 11.7. The maximum atomic E-state index is 12.5. The van der Waals surface area contributed by atoms with E-state index in [9.17, 15) is 4.91 Å². The lowest BCUT2D eigenvalue weighted by molar-refractivity contribution is -0.432. The molecule has 2 N–H and O–H groups in total. The summed E-state index contributed by atoms with van der Waals surface area (Å²) in [6.07, 6.45) is 0. The minimum atomic E-state index is 0.673. The van der Waals surface area contributed by atoms with Crippen LogP contribution < -0.4 is 15.1 Å². The standard InChI is InChI=1S/C15H16N3OS/c1-9-6-13-15(8-11(9)16)20-14-7-10(17(2)3)4-5-12(14)18(13)19/h4-8H,16H2,1-3H3/q+1. The third-order valence-electron chi connectivity index (χ3n) is 3.46. The monoisotopic (exact) mass is 286 g/mol. The summed E-state index contributed by atoms with van der Waals surface area (Å²) >= 11 is 1.59. The van der Waals surface area contributed by atoms with Crippen LogP contribution in [0.5, 0.6) is 0 Å². The Morgan fingerprint density at radius 1 is 1.10 bits per heavy atom. The van der Waals surface area contributed by atoms with Crippen molar-refractivity contribution in [2.75, 3.05) is 24.7 Å². The van der Waals surface area contributed by atoms with Crippen molar-refractivity contribution in [3.63, 3.8) is 0 Å². The lowest BCUT2D eigenvalue weighted by Crippen LogP contribution is -2.16. The highest BCUT2D eigenvalue weighted by Gasteiger charge is 2.16. The van der Waals surface area contributed by atoms with Crippen LogP contribution in [0, 0.1) is 11.8 Å². The van der Waals surface area contributed by atoms with E-state index in [0.29, 0.717) is 11.0 Å². The van der Waals surface area contributed by atoms with Crippen LogP contribution in [0.3, 0.4) is 0 Å². The molecule has 3 rings (SSSR count). The Balaban J connectivity index is 2.44. The summed E-state index contributed by atoms with van der Waals surface area (Å²) in [6.45, 7) is 1.92. The number of aryl methyl sites for hydroxylation is 1. The van der Waals surface area contributed by atoms with Crippen molar-refractivity contribution in [2.45, 2.75) is 6.92 Å². The van der Waals surface area contributed by atoms with Crippen LogP contribution in [-0.2, 0) is 0 Å². The molecule has 0 bridgehead atoms. The van der Waals surface area contributed by atoms with Gasteiger partial charge in [-0.1, -0.05) is 0 Å². The highest BCUT2D eigenvalue weighted by atomic mass is 32.1. The van der Waals surface area contributed by atoms with Gasteiger partial charge in [0.05, 0.1) is 4.43 Å². The van der Waals surface area contributed by atoms with E-state index in [4.69, 9.17) is 5.73 Å². The lowest BCUT2D eigenvalue weighted by Gasteiger charge is -2.11. The molecule has 2 aromatic carbocycles. The van der Waals surface area contributed by atoms with Crippen LogP contribution in [0.15, 0.2) is 30.3 Å². The summed E-state index contributed by atoms with van der Waals surface area (Å²) < 4.78 is 2.86. The molecule has 4 nitrogen and oxygen atoms in total. The van der Waals surface area contributed by atoms with Gasteiger partial charge >= 0.3 is 0 Å². The zero-order valence-corrected chi connectivity index (χ0v) is 12.5. The van der Waals surface area contributed by atoms with Crippen LogP contribution >= 0.6 is 11.3 Å². The minimum Gasteiger partial charge on any atom is -0.398 e. The number of nitrogens with zero attached hydrogens (tertiary/aromatic N) is 2. The summed E-state index contributed by atoms with van der Waals surface area (Å²) in [5.41, 5.74) is 10.0. The van der Waals surface area contributed by atoms with Gasteiger partial charge in [-0.25, -0.2) is 0 Å². The number of benzene rings is 2. The van der Waals surface area contributed by atoms with Crippen LogP contribution in [0.1, 0.15) is 5.56 Å². The molecule has 0 aliphatic carbocycles. The predicted octanol–water partition coefficient (Wildman–Crippen LogP) is 2.93. The maximum Gasteiger partial charge on any atom is 0.281 e. The highest BCUT2D eigenvalue weighted by molar-refractivity contribution is 7.24. The number of aromatic nitrogens is 1.